The predicted octanol–water partition coefficient (Wildman–Crippen LogP) is 2.87. The van der Waals surface area contributed by atoms with Crippen LogP contribution in [-0.2, 0) is 4.79 Å². The summed E-state index contributed by atoms with van der Waals surface area (Å²) in [6, 6.07) is 0.459. The molecule has 1 aliphatic heterocycles. The molecule has 21 heavy (non-hydrogen) atoms. The van der Waals surface area contributed by atoms with E-state index in [1.54, 1.807) is 0 Å². The van der Waals surface area contributed by atoms with E-state index < -0.39 is 11.5 Å². The average Bonchev–Trinajstić information content (AvgIpc) is 2.77. The Bertz CT molecular complexity index is 348. The summed E-state index contributed by atoms with van der Waals surface area (Å²) in [5.74, 6) is 0.221. The molecule has 1 saturated carbocycles. The zero-order valence-corrected chi connectivity index (χ0v) is 13.7. The van der Waals surface area contributed by atoms with Crippen molar-refractivity contribution in [1.82, 2.24) is 10.2 Å². The second-order valence-corrected chi connectivity index (χ2v) is 6.95. The van der Waals surface area contributed by atoms with Crippen LogP contribution in [0.25, 0.3) is 0 Å². The Balaban J connectivity index is 1.95. The number of hydrogen-bond acceptors (Lipinski definition) is 3. The van der Waals surface area contributed by atoms with E-state index in [4.69, 9.17) is 0 Å². The Morgan fingerprint density at radius 3 is 2.76 bits per heavy atom. The number of hydrogen-bond donors (Lipinski definition) is 2. The van der Waals surface area contributed by atoms with Crippen LogP contribution in [0, 0.1) is 5.92 Å². The molecule has 2 N–H and O–H groups in total. The minimum absolute atomic E-state index is 0.459. The zero-order valence-electron chi connectivity index (χ0n) is 13.7. The van der Waals surface area contributed by atoms with Crippen LogP contribution in [0.5, 0.6) is 0 Å². The summed E-state index contributed by atoms with van der Waals surface area (Å²) in [5, 5.41) is 13.0. The van der Waals surface area contributed by atoms with Crippen LogP contribution in [0.1, 0.15) is 65.2 Å². The molecule has 3 unspecified atom stereocenters. The molecule has 0 bridgehead atoms. The van der Waals surface area contributed by atoms with E-state index in [1.807, 2.05) is 0 Å². The van der Waals surface area contributed by atoms with Gasteiger partial charge in [0, 0.05) is 6.04 Å². The zero-order chi connectivity index (χ0) is 15.3. The van der Waals surface area contributed by atoms with Crippen LogP contribution in [0.4, 0.5) is 0 Å². The second-order valence-electron chi connectivity index (χ2n) is 6.95. The van der Waals surface area contributed by atoms with Crippen LogP contribution in [0.2, 0.25) is 0 Å². The van der Waals surface area contributed by atoms with Gasteiger partial charge in [0.25, 0.3) is 0 Å². The maximum atomic E-state index is 11.7. The number of nitrogens with one attached hydrogen (secondary N) is 1. The molecular formula is C17H32N2O2. The molecule has 0 aromatic heterocycles. The highest BCUT2D eigenvalue weighted by Crippen LogP contribution is 2.35. The van der Waals surface area contributed by atoms with Crippen molar-refractivity contribution in [1.29, 1.82) is 0 Å². The number of nitrogens with zero attached hydrogens (tertiary/aromatic N) is 1. The van der Waals surface area contributed by atoms with Gasteiger partial charge in [0.05, 0.1) is 0 Å². The summed E-state index contributed by atoms with van der Waals surface area (Å²) in [4.78, 5) is 14.3. The Morgan fingerprint density at radius 2 is 2.10 bits per heavy atom. The van der Waals surface area contributed by atoms with Crippen LogP contribution >= 0.6 is 0 Å². The molecule has 0 aromatic carbocycles. The van der Waals surface area contributed by atoms with E-state index in [2.05, 4.69) is 24.1 Å². The van der Waals surface area contributed by atoms with Crippen molar-refractivity contribution in [2.75, 3.05) is 19.6 Å². The first-order chi connectivity index (χ1) is 10.1. The maximum absolute atomic E-state index is 11.7. The van der Waals surface area contributed by atoms with Crippen LogP contribution in [0.3, 0.4) is 0 Å². The van der Waals surface area contributed by atoms with E-state index in [9.17, 15) is 9.90 Å². The van der Waals surface area contributed by atoms with Crippen molar-refractivity contribution in [3.05, 3.63) is 0 Å². The number of rotatable bonds is 6. The first-order valence-corrected chi connectivity index (χ1v) is 8.83. The lowest BCUT2D eigenvalue weighted by Crippen LogP contribution is -2.51. The van der Waals surface area contributed by atoms with E-state index >= 15 is 0 Å². The topological polar surface area (TPSA) is 52.6 Å². The fourth-order valence-electron chi connectivity index (χ4n) is 4.09. The molecule has 0 aromatic rings. The molecule has 1 aliphatic carbocycles. The van der Waals surface area contributed by atoms with Crippen molar-refractivity contribution in [2.45, 2.75) is 76.8 Å². The van der Waals surface area contributed by atoms with Crippen LogP contribution < -0.4 is 5.32 Å². The van der Waals surface area contributed by atoms with Crippen molar-refractivity contribution < 1.29 is 9.90 Å². The third kappa shape index (κ3) is 3.98. The number of carboxylic acid groups (broad SMARTS) is 1. The molecule has 4 heteroatoms. The van der Waals surface area contributed by atoms with Crippen molar-refractivity contribution in [3.8, 4) is 0 Å². The highest BCUT2D eigenvalue weighted by atomic mass is 16.4. The molecule has 0 spiro atoms. The summed E-state index contributed by atoms with van der Waals surface area (Å²) in [7, 11) is 0. The third-order valence-electron chi connectivity index (χ3n) is 5.59. The molecule has 1 heterocycles. The van der Waals surface area contributed by atoms with Crippen molar-refractivity contribution in [3.63, 3.8) is 0 Å². The Hall–Kier alpha value is -0.610. The largest absolute Gasteiger partial charge is 0.480 e. The predicted molar refractivity (Wildman–Crippen MR) is 85.5 cm³/mol. The number of likely N-dealkylation sites (tertiary alicyclic amines) is 1. The summed E-state index contributed by atoms with van der Waals surface area (Å²) in [6.45, 7) is 7.50. The fraction of sp³-hybridized carbons (Fsp3) is 0.941. The first-order valence-electron chi connectivity index (χ1n) is 8.83. The summed E-state index contributed by atoms with van der Waals surface area (Å²) < 4.78 is 0. The van der Waals surface area contributed by atoms with Crippen LogP contribution in [0.15, 0.2) is 0 Å². The molecular weight excluding hydrogens is 264 g/mol. The summed E-state index contributed by atoms with van der Waals surface area (Å²) in [5.41, 5.74) is -0.670. The molecule has 0 amide bonds. The van der Waals surface area contributed by atoms with Gasteiger partial charge in [-0.2, -0.15) is 0 Å². The normalized spacial score (nSPS) is 34.8. The fourth-order valence-corrected chi connectivity index (χ4v) is 4.09. The number of carbonyl (C=O) groups is 1. The maximum Gasteiger partial charge on any atom is 0.323 e. The van der Waals surface area contributed by atoms with Crippen molar-refractivity contribution in [2.24, 2.45) is 5.92 Å². The van der Waals surface area contributed by atoms with Gasteiger partial charge in [0.15, 0.2) is 0 Å². The monoisotopic (exact) mass is 296 g/mol. The molecule has 122 valence electrons. The summed E-state index contributed by atoms with van der Waals surface area (Å²) in [6.07, 6.45) is 8.77. The average molecular weight is 296 g/mol. The van der Waals surface area contributed by atoms with Gasteiger partial charge >= 0.3 is 5.97 Å². The molecule has 4 nitrogen and oxygen atoms in total. The second kappa shape index (κ2) is 7.59. The van der Waals surface area contributed by atoms with Gasteiger partial charge in [-0.1, -0.05) is 20.3 Å². The number of aliphatic carboxylic acids is 1. The Labute approximate surface area is 129 Å². The van der Waals surface area contributed by atoms with Gasteiger partial charge in [0.2, 0.25) is 0 Å². The minimum Gasteiger partial charge on any atom is -0.480 e. The Kier molecular flexibility index (Phi) is 6.06. The quantitative estimate of drug-likeness (QED) is 0.791. The molecule has 2 rings (SSSR count). The molecule has 1 saturated heterocycles. The smallest absolute Gasteiger partial charge is 0.323 e. The highest BCUT2D eigenvalue weighted by Gasteiger charge is 2.46. The van der Waals surface area contributed by atoms with Gasteiger partial charge in [-0.05, 0) is 70.5 Å². The van der Waals surface area contributed by atoms with Gasteiger partial charge in [0.1, 0.15) is 5.54 Å². The first kappa shape index (κ1) is 16.8. The van der Waals surface area contributed by atoms with E-state index in [0.717, 1.165) is 51.2 Å². The summed E-state index contributed by atoms with van der Waals surface area (Å²) >= 11 is 0. The molecule has 0 radical (unpaired) electrons. The van der Waals surface area contributed by atoms with Gasteiger partial charge < -0.3 is 15.3 Å². The van der Waals surface area contributed by atoms with Gasteiger partial charge in [-0.15, -0.1) is 0 Å². The highest BCUT2D eigenvalue weighted by molar-refractivity contribution is 5.79. The molecule has 3 atom stereocenters. The van der Waals surface area contributed by atoms with E-state index in [0.29, 0.717) is 6.04 Å². The third-order valence-corrected chi connectivity index (χ3v) is 5.59. The Morgan fingerprint density at radius 1 is 1.29 bits per heavy atom. The lowest BCUT2D eigenvalue weighted by atomic mass is 9.97. The minimum atomic E-state index is -0.670. The standard InChI is InChI=1S/C17H32N2O2/c1-3-10-18-17(16(20)21)9-7-15(13-17)19-11-5-6-14(4-2)8-12-19/h14-15,18H,3-13H2,1-2H3,(H,20,21). The molecule has 2 fully saturated rings. The molecule has 2 aliphatic rings. The van der Waals surface area contributed by atoms with E-state index in [-0.39, 0.29) is 0 Å². The SMILES string of the molecule is CCCNC1(C(=O)O)CCC(N2CCCC(CC)CC2)C1. The lowest BCUT2D eigenvalue weighted by Gasteiger charge is -2.30. The van der Waals surface area contributed by atoms with Crippen LogP contribution in [-0.4, -0.2) is 47.2 Å². The van der Waals surface area contributed by atoms with E-state index in [1.165, 1.54) is 25.7 Å². The van der Waals surface area contributed by atoms with Gasteiger partial charge in [-0.25, -0.2) is 0 Å². The lowest BCUT2D eigenvalue weighted by molar-refractivity contribution is -0.144. The van der Waals surface area contributed by atoms with Crippen molar-refractivity contribution >= 4 is 5.97 Å². The number of carboxylic acids is 1. The van der Waals surface area contributed by atoms with Gasteiger partial charge in [-0.3, -0.25) is 4.79 Å².